The van der Waals surface area contributed by atoms with Gasteiger partial charge >= 0.3 is 5.97 Å². The highest BCUT2D eigenvalue weighted by Gasteiger charge is 2.31. The fraction of sp³-hybridized carbons (Fsp3) is 0.467. The average Bonchev–Trinajstić information content (AvgIpc) is 2.90. The van der Waals surface area contributed by atoms with Crippen molar-refractivity contribution in [1.29, 1.82) is 0 Å². The molecule has 0 aliphatic heterocycles. The van der Waals surface area contributed by atoms with Gasteiger partial charge in [-0.05, 0) is 31.4 Å². The molecule has 0 bridgehead atoms. The van der Waals surface area contributed by atoms with Gasteiger partial charge in [0.1, 0.15) is 5.82 Å². The molecule has 1 fully saturated rings. The molecule has 0 radical (unpaired) electrons. The second-order valence-electron chi connectivity index (χ2n) is 5.17. The minimum atomic E-state index is -0.489. The zero-order chi connectivity index (χ0) is 15.4. The monoisotopic (exact) mass is 313 g/mol. The molecule has 0 saturated heterocycles. The predicted molar refractivity (Wildman–Crippen MR) is 76.4 cm³/mol. The number of benzene rings is 1. The molecule has 21 heavy (non-hydrogen) atoms. The highest BCUT2D eigenvalue weighted by Crippen LogP contribution is 2.27. The topological polar surface area (TPSA) is 55.4 Å². The van der Waals surface area contributed by atoms with Crippen LogP contribution in [0.25, 0.3) is 0 Å². The van der Waals surface area contributed by atoms with Crippen molar-refractivity contribution >= 4 is 23.5 Å². The van der Waals surface area contributed by atoms with Gasteiger partial charge in [-0.2, -0.15) is 0 Å². The zero-order valence-corrected chi connectivity index (χ0v) is 12.5. The van der Waals surface area contributed by atoms with Crippen LogP contribution in [0.3, 0.4) is 0 Å². The number of esters is 1. The first-order valence-corrected chi connectivity index (χ1v) is 7.19. The maximum Gasteiger partial charge on any atom is 0.308 e. The van der Waals surface area contributed by atoms with E-state index in [2.05, 4.69) is 5.32 Å². The van der Waals surface area contributed by atoms with Gasteiger partial charge in [0.25, 0.3) is 0 Å². The van der Waals surface area contributed by atoms with E-state index >= 15 is 0 Å². The predicted octanol–water partition coefficient (Wildman–Crippen LogP) is 2.48. The number of ether oxygens (including phenoxy) is 1. The summed E-state index contributed by atoms with van der Waals surface area (Å²) in [5, 5.41) is 3.06. The van der Waals surface area contributed by atoms with Gasteiger partial charge in [0.05, 0.1) is 19.4 Å². The van der Waals surface area contributed by atoms with Crippen LogP contribution >= 0.6 is 11.6 Å². The van der Waals surface area contributed by atoms with Crippen molar-refractivity contribution in [2.24, 2.45) is 5.92 Å². The van der Waals surface area contributed by atoms with Crippen molar-refractivity contribution in [3.05, 3.63) is 34.6 Å². The Hall–Kier alpha value is -1.62. The Balaban J connectivity index is 1.90. The Bertz CT molecular complexity index is 529. The Morgan fingerprint density at radius 3 is 2.86 bits per heavy atom. The van der Waals surface area contributed by atoms with Crippen molar-refractivity contribution in [3.63, 3.8) is 0 Å². The third-order valence-electron chi connectivity index (χ3n) is 3.73. The first-order chi connectivity index (χ1) is 10.0. The molecule has 2 rings (SSSR count). The number of nitrogens with one attached hydrogen (secondary N) is 1. The molecular formula is C15H17ClFNO3. The Labute approximate surface area is 127 Å². The lowest BCUT2D eigenvalue weighted by Crippen LogP contribution is -2.34. The third kappa shape index (κ3) is 3.94. The van der Waals surface area contributed by atoms with E-state index in [1.807, 2.05) is 0 Å². The Morgan fingerprint density at radius 2 is 2.19 bits per heavy atom. The van der Waals surface area contributed by atoms with Crippen LogP contribution in [0.15, 0.2) is 18.2 Å². The fourth-order valence-corrected chi connectivity index (χ4v) is 2.86. The molecule has 1 saturated carbocycles. The lowest BCUT2D eigenvalue weighted by Gasteiger charge is -2.13. The Morgan fingerprint density at radius 1 is 1.43 bits per heavy atom. The molecule has 0 heterocycles. The van der Waals surface area contributed by atoms with Gasteiger partial charge in [0.15, 0.2) is 0 Å². The number of hydrogen-bond donors (Lipinski definition) is 1. The Kier molecular flexibility index (Phi) is 5.17. The lowest BCUT2D eigenvalue weighted by molar-refractivity contribution is -0.145. The van der Waals surface area contributed by atoms with E-state index in [1.54, 1.807) is 6.07 Å². The first-order valence-electron chi connectivity index (χ1n) is 6.81. The molecule has 4 nitrogen and oxygen atoms in total. The van der Waals surface area contributed by atoms with E-state index in [1.165, 1.54) is 19.2 Å². The van der Waals surface area contributed by atoms with Gasteiger partial charge < -0.3 is 10.1 Å². The second-order valence-corrected chi connectivity index (χ2v) is 5.58. The van der Waals surface area contributed by atoms with Crippen molar-refractivity contribution in [2.75, 3.05) is 7.11 Å². The molecule has 0 unspecified atom stereocenters. The van der Waals surface area contributed by atoms with Crippen LogP contribution in [0.4, 0.5) is 4.39 Å². The molecule has 0 aromatic heterocycles. The quantitative estimate of drug-likeness (QED) is 0.869. The summed E-state index contributed by atoms with van der Waals surface area (Å²) >= 11 is 5.89. The number of methoxy groups -OCH3 is 1. The molecule has 1 N–H and O–H groups in total. The van der Waals surface area contributed by atoms with Crippen LogP contribution in [0.5, 0.6) is 0 Å². The molecule has 1 amide bonds. The van der Waals surface area contributed by atoms with Gasteiger partial charge in [-0.1, -0.05) is 17.7 Å². The van der Waals surface area contributed by atoms with Crippen molar-refractivity contribution < 1.29 is 18.7 Å². The molecule has 2 atom stereocenters. The molecule has 114 valence electrons. The lowest BCUT2D eigenvalue weighted by atomic mass is 10.1. The number of carbonyl (C=O) groups excluding carboxylic acids is 2. The first kappa shape index (κ1) is 15.8. The smallest absolute Gasteiger partial charge is 0.308 e. The maximum atomic E-state index is 13.6. The highest BCUT2D eigenvalue weighted by atomic mass is 35.5. The minimum Gasteiger partial charge on any atom is -0.469 e. The number of amides is 1. The van der Waals surface area contributed by atoms with Crippen LogP contribution in [0.1, 0.15) is 24.8 Å². The summed E-state index contributed by atoms with van der Waals surface area (Å²) in [5.74, 6) is -1.20. The van der Waals surface area contributed by atoms with Crippen molar-refractivity contribution in [3.8, 4) is 0 Å². The number of rotatable bonds is 4. The molecule has 1 aromatic rings. The second kappa shape index (κ2) is 6.89. The summed E-state index contributed by atoms with van der Waals surface area (Å²) in [6.07, 6.45) is 1.86. The number of halogens is 2. The molecule has 1 aliphatic rings. The van der Waals surface area contributed by atoms with Gasteiger partial charge in [0, 0.05) is 16.6 Å². The minimum absolute atomic E-state index is 0.0767. The number of carbonyl (C=O) groups is 2. The summed E-state index contributed by atoms with van der Waals surface area (Å²) in [6.45, 7) is 0. The fourth-order valence-electron chi connectivity index (χ4n) is 2.63. The molecule has 6 heteroatoms. The van der Waals surface area contributed by atoms with Crippen LogP contribution in [0, 0.1) is 11.7 Å². The summed E-state index contributed by atoms with van der Waals surface area (Å²) in [5.41, 5.74) is 0.194. The van der Waals surface area contributed by atoms with Crippen LogP contribution < -0.4 is 5.32 Å². The summed E-state index contributed by atoms with van der Waals surface area (Å²) in [4.78, 5) is 23.4. The van der Waals surface area contributed by atoms with E-state index in [4.69, 9.17) is 16.3 Å². The van der Waals surface area contributed by atoms with Crippen LogP contribution in [0.2, 0.25) is 5.02 Å². The van der Waals surface area contributed by atoms with Gasteiger partial charge in [0.2, 0.25) is 5.91 Å². The molecular weight excluding hydrogens is 297 g/mol. The largest absolute Gasteiger partial charge is 0.469 e. The van der Waals surface area contributed by atoms with Crippen molar-refractivity contribution in [2.45, 2.75) is 31.7 Å². The molecule has 1 aromatic carbocycles. The van der Waals surface area contributed by atoms with Gasteiger partial charge in [-0.3, -0.25) is 9.59 Å². The van der Waals surface area contributed by atoms with Gasteiger partial charge in [-0.25, -0.2) is 4.39 Å². The zero-order valence-electron chi connectivity index (χ0n) is 11.7. The van der Waals surface area contributed by atoms with Crippen LogP contribution in [-0.2, 0) is 20.7 Å². The maximum absolute atomic E-state index is 13.6. The third-order valence-corrected chi connectivity index (χ3v) is 4.09. The average molecular weight is 314 g/mol. The number of hydrogen-bond acceptors (Lipinski definition) is 3. The summed E-state index contributed by atoms with van der Waals surface area (Å²) in [6, 6.07) is 4.25. The van der Waals surface area contributed by atoms with E-state index in [0.29, 0.717) is 12.8 Å². The highest BCUT2D eigenvalue weighted by molar-refractivity contribution is 6.31. The van der Waals surface area contributed by atoms with Gasteiger partial charge in [-0.15, -0.1) is 0 Å². The summed E-state index contributed by atoms with van der Waals surface area (Å²) < 4.78 is 18.3. The normalized spacial score (nSPS) is 21.1. The summed E-state index contributed by atoms with van der Waals surface area (Å²) in [7, 11) is 1.36. The van der Waals surface area contributed by atoms with Crippen molar-refractivity contribution in [1.82, 2.24) is 5.32 Å². The molecule has 1 aliphatic carbocycles. The van der Waals surface area contributed by atoms with E-state index in [9.17, 15) is 14.0 Å². The van der Waals surface area contributed by atoms with Crippen LogP contribution in [-0.4, -0.2) is 25.0 Å². The van der Waals surface area contributed by atoms with E-state index in [-0.39, 0.29) is 40.8 Å². The van der Waals surface area contributed by atoms with E-state index in [0.717, 1.165) is 6.42 Å². The van der Waals surface area contributed by atoms with E-state index < -0.39 is 5.82 Å². The standard InChI is InChI=1S/C15H17ClFNO3/c1-21-15(20)9-5-6-10(7-9)18-14(19)8-11-12(16)3-2-4-13(11)17/h2-4,9-10H,5-8H2,1H3,(H,18,19)/t9-,10+/m0/s1. The SMILES string of the molecule is COC(=O)[C@H]1CC[C@@H](NC(=O)Cc2c(F)cccc2Cl)C1. The molecule has 0 spiro atoms.